The number of morpholine rings is 1. The number of halogens is 1. The van der Waals surface area contributed by atoms with Crippen LogP contribution in [0.5, 0.6) is 5.75 Å². The first-order chi connectivity index (χ1) is 16.0. The van der Waals surface area contributed by atoms with Gasteiger partial charge in [-0.25, -0.2) is 4.39 Å². The van der Waals surface area contributed by atoms with Crippen molar-refractivity contribution in [1.29, 1.82) is 0 Å². The van der Waals surface area contributed by atoms with Gasteiger partial charge in [-0.15, -0.1) is 0 Å². The second-order valence-electron chi connectivity index (χ2n) is 8.87. The Morgan fingerprint density at radius 2 is 1.85 bits per heavy atom. The second kappa shape index (κ2) is 10.7. The monoisotopic (exact) mass is 455 g/mol. The molecule has 3 heterocycles. The number of benzene rings is 1. The summed E-state index contributed by atoms with van der Waals surface area (Å²) in [6.45, 7) is 3.63. The summed E-state index contributed by atoms with van der Waals surface area (Å²) in [5, 5.41) is 0. The highest BCUT2D eigenvalue weighted by Crippen LogP contribution is 2.35. The topological polar surface area (TPSA) is 72.0 Å². The Morgan fingerprint density at radius 3 is 2.58 bits per heavy atom. The lowest BCUT2D eigenvalue weighted by atomic mass is 9.77. The van der Waals surface area contributed by atoms with E-state index in [1.54, 1.807) is 24.5 Å². The number of likely N-dealkylation sites (tertiary alicyclic amines) is 1. The van der Waals surface area contributed by atoms with Crippen LogP contribution in [0.4, 0.5) is 4.39 Å². The molecule has 2 fully saturated rings. The van der Waals surface area contributed by atoms with Crippen LogP contribution in [0.3, 0.4) is 0 Å². The zero-order valence-electron chi connectivity index (χ0n) is 18.7. The number of rotatable bonds is 7. The number of nitrogens with zero attached hydrogens (tertiary/aromatic N) is 3. The first-order valence-electron chi connectivity index (χ1n) is 11.4. The van der Waals surface area contributed by atoms with Crippen LogP contribution in [-0.2, 0) is 20.7 Å². The lowest BCUT2D eigenvalue weighted by Gasteiger charge is -2.43. The van der Waals surface area contributed by atoms with Crippen LogP contribution in [0.2, 0.25) is 0 Å². The van der Waals surface area contributed by atoms with Crippen LogP contribution in [0.15, 0.2) is 48.8 Å². The fourth-order valence-electron chi connectivity index (χ4n) is 4.54. The van der Waals surface area contributed by atoms with Crippen molar-refractivity contribution in [2.45, 2.75) is 25.7 Å². The molecule has 1 aromatic heterocycles. The molecule has 0 saturated carbocycles. The van der Waals surface area contributed by atoms with Crippen molar-refractivity contribution < 1.29 is 23.5 Å². The van der Waals surface area contributed by atoms with Crippen molar-refractivity contribution in [3.05, 3.63) is 60.2 Å². The summed E-state index contributed by atoms with van der Waals surface area (Å²) >= 11 is 0. The van der Waals surface area contributed by atoms with Gasteiger partial charge in [0.15, 0.2) is 0 Å². The van der Waals surface area contributed by atoms with Gasteiger partial charge in [-0.1, -0.05) is 6.07 Å². The molecule has 4 rings (SSSR count). The smallest absolute Gasteiger partial charge is 0.227 e. The van der Waals surface area contributed by atoms with Crippen molar-refractivity contribution in [2.75, 3.05) is 46.0 Å². The van der Waals surface area contributed by atoms with Gasteiger partial charge in [0.25, 0.3) is 0 Å². The van der Waals surface area contributed by atoms with E-state index in [9.17, 15) is 14.0 Å². The quantitative estimate of drug-likeness (QED) is 0.642. The Morgan fingerprint density at radius 1 is 1.06 bits per heavy atom. The van der Waals surface area contributed by atoms with Gasteiger partial charge in [0, 0.05) is 50.4 Å². The van der Waals surface area contributed by atoms with E-state index in [0.29, 0.717) is 51.6 Å². The van der Waals surface area contributed by atoms with E-state index >= 15 is 0 Å². The molecule has 1 aromatic carbocycles. The zero-order chi connectivity index (χ0) is 23.1. The number of aromatic nitrogens is 1. The lowest BCUT2D eigenvalue weighted by molar-refractivity contribution is -0.143. The molecular weight excluding hydrogens is 425 g/mol. The number of carbonyl (C=O) groups excluding carboxylic acids is 2. The Kier molecular flexibility index (Phi) is 7.54. The molecule has 0 N–H and O–H groups in total. The molecule has 2 saturated heterocycles. The van der Waals surface area contributed by atoms with Gasteiger partial charge >= 0.3 is 0 Å². The first-order valence-corrected chi connectivity index (χ1v) is 11.4. The van der Waals surface area contributed by atoms with E-state index in [0.717, 1.165) is 18.4 Å². The Balaban J connectivity index is 1.48. The van der Waals surface area contributed by atoms with Gasteiger partial charge in [0.05, 0.1) is 26.2 Å². The van der Waals surface area contributed by atoms with Gasteiger partial charge in [-0.2, -0.15) is 0 Å². The minimum atomic E-state index is -0.507. The van der Waals surface area contributed by atoms with Gasteiger partial charge in [-0.05, 0) is 48.7 Å². The van der Waals surface area contributed by atoms with Crippen LogP contribution >= 0.6 is 0 Å². The van der Waals surface area contributed by atoms with Crippen molar-refractivity contribution in [2.24, 2.45) is 5.41 Å². The van der Waals surface area contributed by atoms with Crippen LogP contribution in [0.25, 0.3) is 0 Å². The minimum absolute atomic E-state index is 0.0210. The second-order valence-corrected chi connectivity index (χ2v) is 8.87. The molecule has 33 heavy (non-hydrogen) atoms. The fourth-order valence-corrected chi connectivity index (χ4v) is 4.54. The largest absolute Gasteiger partial charge is 0.493 e. The van der Waals surface area contributed by atoms with E-state index in [-0.39, 0.29) is 30.7 Å². The molecule has 0 radical (unpaired) electrons. The summed E-state index contributed by atoms with van der Waals surface area (Å²) in [6.07, 6.45) is 5.53. The molecular formula is C25H30FN3O4. The predicted molar refractivity (Wildman–Crippen MR) is 120 cm³/mol. The number of ether oxygens (including phenoxy) is 2. The van der Waals surface area contributed by atoms with Crippen molar-refractivity contribution in [1.82, 2.24) is 14.8 Å². The third-order valence-corrected chi connectivity index (χ3v) is 6.34. The van der Waals surface area contributed by atoms with E-state index in [4.69, 9.17) is 9.47 Å². The summed E-state index contributed by atoms with van der Waals surface area (Å²) in [4.78, 5) is 34.0. The predicted octanol–water partition coefficient (Wildman–Crippen LogP) is 2.70. The molecule has 2 aliphatic rings. The van der Waals surface area contributed by atoms with E-state index in [1.165, 1.54) is 12.1 Å². The molecule has 0 bridgehead atoms. The average molecular weight is 456 g/mol. The number of hydrogen-bond donors (Lipinski definition) is 0. The molecule has 2 aliphatic heterocycles. The lowest BCUT2D eigenvalue weighted by Crippen LogP contribution is -2.52. The normalized spacial score (nSPS) is 21.0. The van der Waals surface area contributed by atoms with Crippen molar-refractivity contribution >= 4 is 11.8 Å². The molecule has 0 aliphatic carbocycles. The number of amides is 2. The maximum atomic E-state index is 13.3. The van der Waals surface area contributed by atoms with Gasteiger partial charge in [-0.3, -0.25) is 14.6 Å². The maximum Gasteiger partial charge on any atom is 0.227 e. The third kappa shape index (κ3) is 6.28. The van der Waals surface area contributed by atoms with E-state index in [2.05, 4.69) is 4.98 Å². The highest BCUT2D eigenvalue weighted by atomic mass is 19.1. The molecule has 7 nitrogen and oxygen atoms in total. The van der Waals surface area contributed by atoms with Crippen LogP contribution in [0.1, 0.15) is 24.8 Å². The Bertz CT molecular complexity index is 934. The Labute approximate surface area is 193 Å². The molecule has 1 atom stereocenters. The fraction of sp³-hybridized carbons (Fsp3) is 0.480. The Hall–Kier alpha value is -3.00. The molecule has 0 spiro atoms. The standard InChI is InChI=1S/C25H30FN3O4/c26-21-4-6-22(7-5-21)33-19-25(16-24(31)28-11-13-32-14-12-28)8-2-10-29(18-25)23(30)15-20-3-1-9-27-17-20/h1,3-7,9,17H,2,8,10-16,18-19H2/t25-/m0/s1. The summed E-state index contributed by atoms with van der Waals surface area (Å²) in [5.74, 6) is 0.299. The number of piperidine rings is 1. The van der Waals surface area contributed by atoms with Gasteiger partial charge < -0.3 is 19.3 Å². The maximum absolute atomic E-state index is 13.3. The summed E-state index contributed by atoms with van der Waals surface area (Å²) in [5.41, 5.74) is 0.359. The van der Waals surface area contributed by atoms with E-state index < -0.39 is 5.41 Å². The number of carbonyl (C=O) groups is 2. The van der Waals surface area contributed by atoms with Crippen LogP contribution < -0.4 is 4.74 Å². The summed E-state index contributed by atoms with van der Waals surface area (Å²) in [6, 6.07) is 9.58. The average Bonchev–Trinajstić information content (AvgIpc) is 2.85. The molecule has 2 amide bonds. The zero-order valence-corrected chi connectivity index (χ0v) is 18.7. The first kappa shape index (κ1) is 23.2. The van der Waals surface area contributed by atoms with Gasteiger partial charge in [0.1, 0.15) is 11.6 Å². The summed E-state index contributed by atoms with van der Waals surface area (Å²) < 4.78 is 24.7. The third-order valence-electron chi connectivity index (χ3n) is 6.34. The van der Waals surface area contributed by atoms with Crippen LogP contribution in [-0.4, -0.2) is 72.6 Å². The SMILES string of the molecule is O=C(C[C@@]1(COc2ccc(F)cc2)CCCN(C(=O)Cc2cccnc2)C1)N1CCOCC1. The van der Waals surface area contributed by atoms with Crippen LogP contribution in [0, 0.1) is 11.2 Å². The molecule has 8 heteroatoms. The van der Waals surface area contributed by atoms with Crippen molar-refractivity contribution in [3.8, 4) is 5.75 Å². The highest BCUT2D eigenvalue weighted by Gasteiger charge is 2.41. The molecule has 176 valence electrons. The summed E-state index contributed by atoms with van der Waals surface area (Å²) in [7, 11) is 0. The molecule has 2 aromatic rings. The minimum Gasteiger partial charge on any atom is -0.493 e. The molecule has 0 unspecified atom stereocenters. The highest BCUT2D eigenvalue weighted by molar-refractivity contribution is 5.80. The number of pyridine rings is 1. The van der Waals surface area contributed by atoms with Crippen molar-refractivity contribution in [3.63, 3.8) is 0 Å². The van der Waals surface area contributed by atoms with Gasteiger partial charge in [0.2, 0.25) is 11.8 Å². The van der Waals surface area contributed by atoms with E-state index in [1.807, 2.05) is 21.9 Å². The number of hydrogen-bond acceptors (Lipinski definition) is 5.